The van der Waals surface area contributed by atoms with E-state index in [4.69, 9.17) is 4.74 Å². The van der Waals surface area contributed by atoms with E-state index in [9.17, 15) is 0 Å². The first-order chi connectivity index (χ1) is 5.79. The highest BCUT2D eigenvalue weighted by molar-refractivity contribution is 4.91. The van der Waals surface area contributed by atoms with Crippen LogP contribution in [0.5, 0.6) is 0 Å². The van der Waals surface area contributed by atoms with Gasteiger partial charge in [-0.25, -0.2) is 0 Å². The molecule has 0 aromatic heterocycles. The highest BCUT2D eigenvalue weighted by Crippen LogP contribution is 2.18. The molecule has 0 fully saturated rings. The molecule has 0 spiro atoms. The molecule has 0 amide bonds. The zero-order valence-electron chi connectivity index (χ0n) is 7.88. The summed E-state index contributed by atoms with van der Waals surface area (Å²) in [4.78, 5) is 0. The van der Waals surface area contributed by atoms with Crippen molar-refractivity contribution in [2.75, 3.05) is 13.2 Å². The van der Waals surface area contributed by atoms with E-state index in [0.717, 1.165) is 24.7 Å². The van der Waals surface area contributed by atoms with Crippen LogP contribution in [0.4, 0.5) is 0 Å². The van der Waals surface area contributed by atoms with Gasteiger partial charge in [0.2, 0.25) is 0 Å². The average molecular weight is 166 g/mol. The van der Waals surface area contributed by atoms with Crippen molar-refractivity contribution in [2.45, 2.75) is 26.2 Å². The summed E-state index contributed by atoms with van der Waals surface area (Å²) in [6.45, 7) is 7.42. The summed E-state index contributed by atoms with van der Waals surface area (Å²) in [5.74, 6) is 0.745. The number of rotatable bonds is 4. The molecular weight excluding hydrogens is 148 g/mol. The molecule has 12 heavy (non-hydrogen) atoms. The van der Waals surface area contributed by atoms with E-state index in [1.54, 1.807) is 0 Å². The second-order valence-electron chi connectivity index (χ2n) is 3.62. The molecule has 0 bridgehead atoms. The molecular formula is C11H18O. The summed E-state index contributed by atoms with van der Waals surface area (Å²) < 4.78 is 5.50. The van der Waals surface area contributed by atoms with Crippen molar-refractivity contribution >= 4 is 0 Å². The molecule has 0 aliphatic heterocycles. The second-order valence-corrected chi connectivity index (χ2v) is 3.62. The summed E-state index contributed by atoms with van der Waals surface area (Å²) in [6.07, 6.45) is 8.22. The largest absolute Gasteiger partial charge is 0.377 e. The average Bonchev–Trinajstić information content (AvgIpc) is 2.05. The van der Waals surface area contributed by atoms with Crippen LogP contribution in [-0.2, 0) is 4.74 Å². The quantitative estimate of drug-likeness (QED) is 0.583. The lowest BCUT2D eigenvalue weighted by Crippen LogP contribution is -2.11. The molecule has 1 aliphatic rings. The third-order valence-electron chi connectivity index (χ3n) is 2.08. The lowest BCUT2D eigenvalue weighted by molar-refractivity contribution is 0.114. The smallest absolute Gasteiger partial charge is 0.0671 e. The topological polar surface area (TPSA) is 9.23 Å². The lowest BCUT2D eigenvalue weighted by Gasteiger charge is -2.17. The Hall–Kier alpha value is -0.560. The number of hydrogen-bond acceptors (Lipinski definition) is 1. The Kier molecular flexibility index (Phi) is 4.09. The van der Waals surface area contributed by atoms with Crippen LogP contribution in [0.15, 0.2) is 24.3 Å². The molecule has 1 heteroatoms. The van der Waals surface area contributed by atoms with Gasteiger partial charge in [0.1, 0.15) is 0 Å². The number of ether oxygens (including phenoxy) is 1. The van der Waals surface area contributed by atoms with Gasteiger partial charge in [-0.1, -0.05) is 24.3 Å². The molecule has 0 radical (unpaired) electrons. The van der Waals surface area contributed by atoms with Gasteiger partial charge in [0.05, 0.1) is 13.2 Å². The van der Waals surface area contributed by atoms with Crippen molar-refractivity contribution in [1.29, 1.82) is 0 Å². The second kappa shape index (κ2) is 5.15. The van der Waals surface area contributed by atoms with Gasteiger partial charge in [0, 0.05) is 0 Å². The summed E-state index contributed by atoms with van der Waals surface area (Å²) in [5.41, 5.74) is 1.11. The van der Waals surface area contributed by atoms with E-state index >= 15 is 0 Å². The summed E-state index contributed by atoms with van der Waals surface area (Å²) in [5, 5.41) is 0. The molecule has 0 saturated heterocycles. The van der Waals surface area contributed by atoms with Gasteiger partial charge in [0.25, 0.3) is 0 Å². The van der Waals surface area contributed by atoms with E-state index in [0.29, 0.717) is 0 Å². The maximum Gasteiger partial charge on any atom is 0.0671 e. The van der Waals surface area contributed by atoms with E-state index < -0.39 is 0 Å². The van der Waals surface area contributed by atoms with Crippen LogP contribution in [0, 0.1) is 5.92 Å². The van der Waals surface area contributed by atoms with Gasteiger partial charge in [0.15, 0.2) is 0 Å². The van der Waals surface area contributed by atoms with E-state index in [2.05, 4.69) is 18.7 Å². The van der Waals surface area contributed by atoms with E-state index in [-0.39, 0.29) is 0 Å². The van der Waals surface area contributed by atoms with Crippen LogP contribution < -0.4 is 0 Å². The van der Waals surface area contributed by atoms with Crippen LogP contribution in [0.25, 0.3) is 0 Å². The minimum atomic E-state index is 0.722. The third-order valence-corrected chi connectivity index (χ3v) is 2.08. The first kappa shape index (κ1) is 9.53. The zero-order valence-corrected chi connectivity index (χ0v) is 7.88. The van der Waals surface area contributed by atoms with Gasteiger partial charge >= 0.3 is 0 Å². The standard InChI is InChI=1S/C11H18O/c1-10(2)8-12-9-11-6-4-3-5-7-11/h3-4,11H,1,5-9H2,2H3. The van der Waals surface area contributed by atoms with Gasteiger partial charge in [-0.15, -0.1) is 0 Å². The predicted octanol–water partition coefficient (Wildman–Crippen LogP) is 2.94. The fourth-order valence-corrected chi connectivity index (χ4v) is 1.41. The van der Waals surface area contributed by atoms with Crippen LogP contribution in [0.3, 0.4) is 0 Å². The monoisotopic (exact) mass is 166 g/mol. The molecule has 0 aromatic rings. The van der Waals surface area contributed by atoms with E-state index in [1.807, 2.05) is 6.92 Å². The van der Waals surface area contributed by atoms with E-state index in [1.165, 1.54) is 19.3 Å². The summed E-state index contributed by atoms with van der Waals surface area (Å²) in [6, 6.07) is 0. The van der Waals surface area contributed by atoms with Crippen molar-refractivity contribution in [1.82, 2.24) is 0 Å². The normalized spacial score (nSPS) is 22.6. The Morgan fingerprint density at radius 2 is 2.42 bits per heavy atom. The van der Waals surface area contributed by atoms with Gasteiger partial charge in [-0.2, -0.15) is 0 Å². The zero-order chi connectivity index (χ0) is 8.81. The first-order valence-electron chi connectivity index (χ1n) is 4.66. The van der Waals surface area contributed by atoms with Crippen LogP contribution >= 0.6 is 0 Å². The molecule has 0 saturated carbocycles. The molecule has 1 atom stereocenters. The van der Waals surface area contributed by atoms with Gasteiger partial charge in [-0.05, 0) is 32.1 Å². The van der Waals surface area contributed by atoms with Crippen molar-refractivity contribution in [2.24, 2.45) is 5.92 Å². The van der Waals surface area contributed by atoms with Crippen molar-refractivity contribution in [3.05, 3.63) is 24.3 Å². The van der Waals surface area contributed by atoms with Crippen LogP contribution in [0.1, 0.15) is 26.2 Å². The summed E-state index contributed by atoms with van der Waals surface area (Å²) in [7, 11) is 0. The fraction of sp³-hybridized carbons (Fsp3) is 0.636. The molecule has 0 N–H and O–H groups in total. The highest BCUT2D eigenvalue weighted by Gasteiger charge is 2.09. The lowest BCUT2D eigenvalue weighted by atomic mass is 9.95. The van der Waals surface area contributed by atoms with Crippen LogP contribution in [-0.4, -0.2) is 13.2 Å². The molecule has 1 nitrogen and oxygen atoms in total. The predicted molar refractivity (Wildman–Crippen MR) is 52.1 cm³/mol. The molecule has 0 heterocycles. The Balaban J connectivity index is 2.06. The Bertz CT molecular complexity index is 170. The Morgan fingerprint density at radius 1 is 1.58 bits per heavy atom. The molecule has 68 valence electrons. The van der Waals surface area contributed by atoms with Crippen molar-refractivity contribution in [3.8, 4) is 0 Å². The van der Waals surface area contributed by atoms with Gasteiger partial charge < -0.3 is 4.74 Å². The maximum absolute atomic E-state index is 5.50. The first-order valence-corrected chi connectivity index (χ1v) is 4.66. The minimum Gasteiger partial charge on any atom is -0.377 e. The number of allylic oxidation sites excluding steroid dienone is 2. The SMILES string of the molecule is C=C(C)COCC1CC=CCC1. The maximum atomic E-state index is 5.50. The summed E-state index contributed by atoms with van der Waals surface area (Å²) >= 11 is 0. The minimum absolute atomic E-state index is 0.722. The Labute approximate surface area is 75.1 Å². The van der Waals surface area contributed by atoms with Gasteiger partial charge in [-0.3, -0.25) is 0 Å². The molecule has 0 aromatic carbocycles. The van der Waals surface area contributed by atoms with Crippen LogP contribution in [0.2, 0.25) is 0 Å². The third kappa shape index (κ3) is 3.72. The number of hydrogen-bond donors (Lipinski definition) is 0. The highest BCUT2D eigenvalue weighted by atomic mass is 16.5. The molecule has 1 rings (SSSR count). The van der Waals surface area contributed by atoms with Crippen molar-refractivity contribution < 1.29 is 4.74 Å². The molecule has 1 unspecified atom stereocenters. The molecule has 1 aliphatic carbocycles. The van der Waals surface area contributed by atoms with Crippen molar-refractivity contribution in [3.63, 3.8) is 0 Å². The fourth-order valence-electron chi connectivity index (χ4n) is 1.41. The Morgan fingerprint density at radius 3 is 3.00 bits per heavy atom.